The van der Waals surface area contributed by atoms with Gasteiger partial charge in [0, 0.05) is 17.1 Å². The minimum Gasteiger partial charge on any atom is -0.496 e. The first kappa shape index (κ1) is 8.91. The van der Waals surface area contributed by atoms with Crippen molar-refractivity contribution in [2.45, 2.75) is 11.9 Å². The molecule has 0 unspecified atom stereocenters. The molecular weight excluding hydrogens is 184 g/mol. The van der Waals surface area contributed by atoms with E-state index in [0.717, 1.165) is 28.4 Å². The van der Waals surface area contributed by atoms with Gasteiger partial charge in [0.2, 0.25) is 0 Å². The number of hydrogen-bond acceptors (Lipinski definition) is 3. The van der Waals surface area contributed by atoms with Crippen LogP contribution in [-0.4, -0.2) is 18.0 Å². The van der Waals surface area contributed by atoms with Crippen LogP contribution in [0.15, 0.2) is 18.2 Å². The van der Waals surface area contributed by atoms with Crippen molar-refractivity contribution in [2.24, 2.45) is 0 Å². The third kappa shape index (κ3) is 1.54. The van der Waals surface area contributed by atoms with Crippen molar-refractivity contribution in [2.75, 3.05) is 12.9 Å². The van der Waals surface area contributed by atoms with Crippen molar-refractivity contribution < 1.29 is 9.84 Å². The van der Waals surface area contributed by atoms with Gasteiger partial charge in [0.1, 0.15) is 5.75 Å². The minimum atomic E-state index is -0.330. The highest BCUT2D eigenvalue weighted by atomic mass is 32.2. The standard InChI is InChI=1S/C10H12O2S/c1-12-10-4-2-3-7-8(10)5-13-6-9(7)11/h2-4,9,11H,5-6H2,1H3/t9-/m1/s1. The van der Waals surface area contributed by atoms with E-state index < -0.39 is 0 Å². The molecule has 0 spiro atoms. The van der Waals surface area contributed by atoms with E-state index in [1.54, 1.807) is 18.9 Å². The molecule has 1 heterocycles. The predicted octanol–water partition coefficient (Wildman–Crippen LogP) is 1.98. The highest BCUT2D eigenvalue weighted by Gasteiger charge is 2.20. The molecule has 0 aliphatic carbocycles. The van der Waals surface area contributed by atoms with Crippen molar-refractivity contribution in [1.82, 2.24) is 0 Å². The maximum Gasteiger partial charge on any atom is 0.123 e. The van der Waals surface area contributed by atoms with Crippen LogP contribution in [0.2, 0.25) is 0 Å². The maximum atomic E-state index is 9.70. The van der Waals surface area contributed by atoms with Crippen molar-refractivity contribution in [3.8, 4) is 5.75 Å². The molecule has 70 valence electrons. The number of methoxy groups -OCH3 is 1. The van der Waals surface area contributed by atoms with Gasteiger partial charge in [-0.2, -0.15) is 11.8 Å². The molecular formula is C10H12O2S. The molecule has 0 fully saturated rings. The van der Waals surface area contributed by atoms with E-state index in [1.807, 2.05) is 18.2 Å². The Hall–Kier alpha value is -0.670. The molecule has 0 saturated heterocycles. The molecule has 2 rings (SSSR count). The van der Waals surface area contributed by atoms with E-state index >= 15 is 0 Å². The highest BCUT2D eigenvalue weighted by molar-refractivity contribution is 7.98. The van der Waals surface area contributed by atoms with Crippen molar-refractivity contribution in [3.63, 3.8) is 0 Å². The summed E-state index contributed by atoms with van der Waals surface area (Å²) in [7, 11) is 1.67. The second kappa shape index (κ2) is 3.60. The number of aliphatic hydroxyl groups is 1. The molecule has 1 aromatic carbocycles. The molecule has 0 aromatic heterocycles. The van der Waals surface area contributed by atoms with Gasteiger partial charge in [0.05, 0.1) is 13.2 Å². The molecule has 1 aromatic rings. The third-order valence-corrected chi connectivity index (χ3v) is 3.31. The first-order chi connectivity index (χ1) is 6.33. The zero-order valence-electron chi connectivity index (χ0n) is 7.49. The van der Waals surface area contributed by atoms with Crippen LogP contribution in [-0.2, 0) is 5.75 Å². The van der Waals surface area contributed by atoms with Gasteiger partial charge in [-0.15, -0.1) is 0 Å². The molecule has 1 aliphatic heterocycles. The number of hydrogen-bond donors (Lipinski definition) is 1. The van der Waals surface area contributed by atoms with Crippen LogP contribution in [0.5, 0.6) is 5.75 Å². The number of aliphatic hydroxyl groups excluding tert-OH is 1. The first-order valence-electron chi connectivity index (χ1n) is 4.24. The Morgan fingerprint density at radius 3 is 3.15 bits per heavy atom. The lowest BCUT2D eigenvalue weighted by Gasteiger charge is -2.22. The van der Waals surface area contributed by atoms with Crippen LogP contribution in [0.1, 0.15) is 17.2 Å². The molecule has 0 bridgehead atoms. The summed E-state index contributed by atoms with van der Waals surface area (Å²) < 4.78 is 5.24. The van der Waals surface area contributed by atoms with E-state index in [0.29, 0.717) is 0 Å². The van der Waals surface area contributed by atoms with E-state index in [4.69, 9.17) is 4.74 Å². The number of ether oxygens (including phenoxy) is 1. The molecule has 0 saturated carbocycles. The molecule has 0 amide bonds. The van der Waals surface area contributed by atoms with Crippen LogP contribution >= 0.6 is 11.8 Å². The molecule has 0 radical (unpaired) electrons. The SMILES string of the molecule is COc1cccc2c1CSC[C@H]2O. The van der Waals surface area contributed by atoms with E-state index in [2.05, 4.69) is 0 Å². The van der Waals surface area contributed by atoms with Gasteiger partial charge in [-0.25, -0.2) is 0 Å². The monoisotopic (exact) mass is 196 g/mol. The van der Waals surface area contributed by atoms with Crippen LogP contribution < -0.4 is 4.74 Å². The van der Waals surface area contributed by atoms with E-state index in [-0.39, 0.29) is 6.10 Å². The Morgan fingerprint density at radius 1 is 1.54 bits per heavy atom. The van der Waals surface area contributed by atoms with Gasteiger partial charge in [-0.1, -0.05) is 12.1 Å². The van der Waals surface area contributed by atoms with Gasteiger partial charge >= 0.3 is 0 Å². The van der Waals surface area contributed by atoms with Gasteiger partial charge in [-0.3, -0.25) is 0 Å². The average molecular weight is 196 g/mol. The number of rotatable bonds is 1. The average Bonchev–Trinajstić information content (AvgIpc) is 2.18. The van der Waals surface area contributed by atoms with Crippen LogP contribution in [0.25, 0.3) is 0 Å². The summed E-state index contributed by atoms with van der Waals surface area (Å²) in [5.74, 6) is 2.63. The Morgan fingerprint density at radius 2 is 2.38 bits per heavy atom. The van der Waals surface area contributed by atoms with Gasteiger partial charge in [-0.05, 0) is 11.6 Å². The number of benzene rings is 1. The lowest BCUT2D eigenvalue weighted by Crippen LogP contribution is -2.10. The molecule has 2 nitrogen and oxygen atoms in total. The van der Waals surface area contributed by atoms with Gasteiger partial charge in [0.25, 0.3) is 0 Å². The summed E-state index contributed by atoms with van der Waals surface area (Å²) in [5, 5.41) is 9.70. The van der Waals surface area contributed by atoms with Crippen molar-refractivity contribution >= 4 is 11.8 Å². The van der Waals surface area contributed by atoms with Gasteiger partial charge < -0.3 is 9.84 Å². The summed E-state index contributed by atoms with van der Waals surface area (Å²) in [4.78, 5) is 0. The summed E-state index contributed by atoms with van der Waals surface area (Å²) in [5.41, 5.74) is 2.17. The largest absolute Gasteiger partial charge is 0.496 e. The van der Waals surface area contributed by atoms with E-state index in [9.17, 15) is 5.11 Å². The lowest BCUT2D eigenvalue weighted by molar-refractivity contribution is 0.201. The Bertz CT molecular complexity index is 312. The second-order valence-electron chi connectivity index (χ2n) is 3.06. The quantitative estimate of drug-likeness (QED) is 0.744. The van der Waals surface area contributed by atoms with E-state index in [1.165, 1.54) is 0 Å². The fraction of sp³-hybridized carbons (Fsp3) is 0.400. The zero-order chi connectivity index (χ0) is 9.26. The molecule has 3 heteroatoms. The Kier molecular flexibility index (Phi) is 2.47. The van der Waals surface area contributed by atoms with Gasteiger partial charge in [0.15, 0.2) is 0 Å². The smallest absolute Gasteiger partial charge is 0.123 e. The molecule has 1 aliphatic rings. The maximum absolute atomic E-state index is 9.70. The van der Waals surface area contributed by atoms with Crippen molar-refractivity contribution in [1.29, 1.82) is 0 Å². The van der Waals surface area contributed by atoms with Crippen LogP contribution in [0.3, 0.4) is 0 Å². The second-order valence-corrected chi connectivity index (χ2v) is 4.09. The molecule has 1 atom stereocenters. The Labute approximate surface area is 81.9 Å². The summed E-state index contributed by atoms with van der Waals surface area (Å²) in [6, 6.07) is 5.84. The van der Waals surface area contributed by atoms with Crippen LogP contribution in [0, 0.1) is 0 Å². The molecule has 13 heavy (non-hydrogen) atoms. The summed E-state index contributed by atoms with van der Waals surface area (Å²) >= 11 is 1.75. The lowest BCUT2D eigenvalue weighted by atomic mass is 10.0. The number of fused-ring (bicyclic) bond motifs is 1. The predicted molar refractivity (Wildman–Crippen MR) is 54.1 cm³/mol. The first-order valence-corrected chi connectivity index (χ1v) is 5.40. The fourth-order valence-corrected chi connectivity index (χ4v) is 2.64. The third-order valence-electron chi connectivity index (χ3n) is 2.27. The summed E-state index contributed by atoms with van der Waals surface area (Å²) in [6.45, 7) is 0. The minimum absolute atomic E-state index is 0.330. The number of thioether (sulfide) groups is 1. The normalized spacial score (nSPS) is 20.9. The highest BCUT2D eigenvalue weighted by Crippen LogP contribution is 2.36. The Balaban J connectivity index is 2.48. The molecule has 1 N–H and O–H groups in total. The van der Waals surface area contributed by atoms with Crippen molar-refractivity contribution in [3.05, 3.63) is 29.3 Å². The van der Waals surface area contributed by atoms with Crippen LogP contribution in [0.4, 0.5) is 0 Å². The zero-order valence-corrected chi connectivity index (χ0v) is 8.30. The fourth-order valence-electron chi connectivity index (χ4n) is 1.60. The topological polar surface area (TPSA) is 29.5 Å². The summed E-state index contributed by atoms with van der Waals surface area (Å²) in [6.07, 6.45) is -0.330.